The standard InChI is InChI=1S/C20H32FN5O2.HI/c1-22-20(24-9-3-11-28-15-16-6-12-27-13-7-16)25-17-5-10-26(14-17)19-18(21)4-2-8-23-19;/h2,4,8,16-17H,3,5-7,9-15H2,1H3,(H2,22,24,25);1H. The topological polar surface area (TPSA) is 71.0 Å². The Morgan fingerprint density at radius 2 is 2.21 bits per heavy atom. The van der Waals surface area contributed by atoms with Gasteiger partial charge in [-0.15, -0.1) is 24.0 Å². The molecule has 164 valence electrons. The Hall–Kier alpha value is -1.20. The van der Waals surface area contributed by atoms with Crippen molar-refractivity contribution in [1.82, 2.24) is 15.6 Å². The first-order chi connectivity index (χ1) is 13.8. The molecule has 0 saturated carbocycles. The van der Waals surface area contributed by atoms with E-state index in [0.29, 0.717) is 18.3 Å². The van der Waals surface area contributed by atoms with E-state index >= 15 is 0 Å². The van der Waals surface area contributed by atoms with E-state index in [1.165, 1.54) is 6.07 Å². The molecule has 7 nitrogen and oxygen atoms in total. The fourth-order valence-electron chi connectivity index (χ4n) is 3.61. The number of nitrogens with zero attached hydrogens (tertiary/aromatic N) is 3. The summed E-state index contributed by atoms with van der Waals surface area (Å²) in [7, 11) is 1.77. The van der Waals surface area contributed by atoms with E-state index in [0.717, 1.165) is 71.2 Å². The normalized spacial score (nSPS) is 20.4. The van der Waals surface area contributed by atoms with Crippen LogP contribution in [-0.4, -0.2) is 70.1 Å². The van der Waals surface area contributed by atoms with Crippen molar-refractivity contribution in [2.24, 2.45) is 10.9 Å². The van der Waals surface area contributed by atoms with Gasteiger partial charge in [-0.05, 0) is 43.7 Å². The van der Waals surface area contributed by atoms with Crippen molar-refractivity contribution in [3.05, 3.63) is 24.1 Å². The van der Waals surface area contributed by atoms with E-state index in [1.807, 2.05) is 4.90 Å². The van der Waals surface area contributed by atoms with Crippen LogP contribution in [0.3, 0.4) is 0 Å². The SMILES string of the molecule is CN=C(NCCCOCC1CCOCC1)NC1CCN(c2ncccc2F)C1.I. The Balaban J connectivity index is 0.00000300. The lowest BCUT2D eigenvalue weighted by atomic mass is 10.0. The highest BCUT2D eigenvalue weighted by molar-refractivity contribution is 14.0. The molecule has 2 saturated heterocycles. The zero-order chi connectivity index (χ0) is 19.6. The van der Waals surface area contributed by atoms with Crippen molar-refractivity contribution in [2.75, 3.05) is 58.0 Å². The minimum absolute atomic E-state index is 0. The molecular formula is C20H33FIN5O2. The second-order valence-corrected chi connectivity index (χ2v) is 7.37. The maximum Gasteiger partial charge on any atom is 0.191 e. The molecule has 3 rings (SSSR count). The van der Waals surface area contributed by atoms with Gasteiger partial charge in [-0.25, -0.2) is 9.37 Å². The number of aliphatic imine (C=N–C) groups is 1. The van der Waals surface area contributed by atoms with Crippen LogP contribution in [0.4, 0.5) is 10.2 Å². The molecule has 0 bridgehead atoms. The lowest BCUT2D eigenvalue weighted by molar-refractivity contribution is 0.0203. The van der Waals surface area contributed by atoms with Crippen molar-refractivity contribution in [1.29, 1.82) is 0 Å². The maximum absolute atomic E-state index is 13.9. The smallest absolute Gasteiger partial charge is 0.191 e. The Kier molecular flexibility index (Phi) is 10.9. The minimum Gasteiger partial charge on any atom is -0.381 e. The molecule has 2 N–H and O–H groups in total. The number of rotatable bonds is 8. The van der Waals surface area contributed by atoms with Crippen LogP contribution in [0, 0.1) is 11.7 Å². The summed E-state index contributed by atoms with van der Waals surface area (Å²) in [6.45, 7) is 5.60. The second kappa shape index (κ2) is 13.2. The molecule has 2 fully saturated rings. The maximum atomic E-state index is 13.9. The van der Waals surface area contributed by atoms with Crippen LogP contribution in [0.2, 0.25) is 0 Å². The number of hydrogen-bond donors (Lipinski definition) is 2. The first-order valence-corrected chi connectivity index (χ1v) is 10.2. The summed E-state index contributed by atoms with van der Waals surface area (Å²) in [4.78, 5) is 10.4. The van der Waals surface area contributed by atoms with Crippen LogP contribution >= 0.6 is 24.0 Å². The van der Waals surface area contributed by atoms with Gasteiger partial charge in [0.1, 0.15) is 0 Å². The van der Waals surface area contributed by atoms with Gasteiger partial charge in [0.05, 0.1) is 0 Å². The van der Waals surface area contributed by atoms with Crippen LogP contribution in [-0.2, 0) is 9.47 Å². The lowest BCUT2D eigenvalue weighted by Gasteiger charge is -2.22. The highest BCUT2D eigenvalue weighted by Gasteiger charge is 2.25. The number of pyridine rings is 1. The number of halogens is 2. The third-order valence-corrected chi connectivity index (χ3v) is 5.24. The van der Waals surface area contributed by atoms with E-state index in [4.69, 9.17) is 9.47 Å². The highest BCUT2D eigenvalue weighted by atomic mass is 127. The molecule has 1 unspecified atom stereocenters. The van der Waals surface area contributed by atoms with Crippen LogP contribution < -0.4 is 15.5 Å². The first-order valence-electron chi connectivity index (χ1n) is 10.2. The molecular weight excluding hydrogens is 488 g/mol. The highest BCUT2D eigenvalue weighted by Crippen LogP contribution is 2.20. The van der Waals surface area contributed by atoms with E-state index in [2.05, 4.69) is 20.6 Å². The molecule has 0 aliphatic carbocycles. The molecule has 2 aliphatic rings. The quantitative estimate of drug-likeness (QED) is 0.237. The van der Waals surface area contributed by atoms with Gasteiger partial charge >= 0.3 is 0 Å². The van der Waals surface area contributed by atoms with Gasteiger partial charge < -0.3 is 25.0 Å². The Morgan fingerprint density at radius 3 is 2.97 bits per heavy atom. The predicted molar refractivity (Wildman–Crippen MR) is 124 cm³/mol. The number of nitrogens with one attached hydrogen (secondary N) is 2. The molecule has 0 spiro atoms. The molecule has 9 heteroatoms. The fourth-order valence-corrected chi connectivity index (χ4v) is 3.61. The minimum atomic E-state index is -0.272. The third kappa shape index (κ3) is 7.86. The average Bonchev–Trinajstić information content (AvgIpc) is 3.19. The molecule has 29 heavy (non-hydrogen) atoms. The summed E-state index contributed by atoms with van der Waals surface area (Å²) >= 11 is 0. The van der Waals surface area contributed by atoms with Gasteiger partial charge in [-0.1, -0.05) is 0 Å². The number of hydrogen-bond acceptors (Lipinski definition) is 5. The molecule has 2 aliphatic heterocycles. The number of aromatic nitrogens is 1. The third-order valence-electron chi connectivity index (χ3n) is 5.24. The summed E-state index contributed by atoms with van der Waals surface area (Å²) in [5, 5.41) is 6.75. The zero-order valence-electron chi connectivity index (χ0n) is 17.1. The van der Waals surface area contributed by atoms with Gasteiger partial charge in [-0.3, -0.25) is 4.99 Å². The van der Waals surface area contributed by atoms with Crippen LogP contribution in [0.1, 0.15) is 25.7 Å². The van der Waals surface area contributed by atoms with Crippen LogP contribution in [0.15, 0.2) is 23.3 Å². The fraction of sp³-hybridized carbons (Fsp3) is 0.700. The summed E-state index contributed by atoms with van der Waals surface area (Å²) in [6.07, 6.45) is 5.69. The summed E-state index contributed by atoms with van der Waals surface area (Å²) in [6, 6.07) is 3.29. The molecule has 0 amide bonds. The number of guanidine groups is 1. The van der Waals surface area contributed by atoms with E-state index in [1.54, 1.807) is 19.3 Å². The van der Waals surface area contributed by atoms with Gasteiger partial charge in [-0.2, -0.15) is 0 Å². The van der Waals surface area contributed by atoms with Crippen molar-refractivity contribution in [3.8, 4) is 0 Å². The van der Waals surface area contributed by atoms with Crippen LogP contribution in [0.25, 0.3) is 0 Å². The number of ether oxygens (including phenoxy) is 2. The Morgan fingerprint density at radius 1 is 1.38 bits per heavy atom. The summed E-state index contributed by atoms with van der Waals surface area (Å²) in [5.41, 5.74) is 0. The largest absolute Gasteiger partial charge is 0.381 e. The van der Waals surface area contributed by atoms with E-state index in [-0.39, 0.29) is 35.8 Å². The molecule has 3 heterocycles. The molecule has 1 atom stereocenters. The zero-order valence-corrected chi connectivity index (χ0v) is 19.4. The monoisotopic (exact) mass is 521 g/mol. The Labute approximate surface area is 189 Å². The van der Waals surface area contributed by atoms with Crippen molar-refractivity contribution in [2.45, 2.75) is 31.7 Å². The van der Waals surface area contributed by atoms with Crippen molar-refractivity contribution in [3.63, 3.8) is 0 Å². The summed E-state index contributed by atoms with van der Waals surface area (Å²) in [5.74, 6) is 1.57. The van der Waals surface area contributed by atoms with Gasteiger partial charge in [0.15, 0.2) is 17.6 Å². The van der Waals surface area contributed by atoms with Crippen LogP contribution in [0.5, 0.6) is 0 Å². The van der Waals surface area contributed by atoms with E-state index < -0.39 is 0 Å². The van der Waals surface area contributed by atoms with Crippen molar-refractivity contribution < 1.29 is 13.9 Å². The van der Waals surface area contributed by atoms with Gasteiger partial charge in [0.2, 0.25) is 0 Å². The molecule has 0 aromatic carbocycles. The lowest BCUT2D eigenvalue weighted by Crippen LogP contribution is -2.45. The number of anilines is 1. The van der Waals surface area contributed by atoms with Gasteiger partial charge in [0, 0.05) is 65.3 Å². The molecule has 1 aromatic heterocycles. The average molecular weight is 521 g/mol. The first kappa shape index (κ1) is 24.1. The van der Waals surface area contributed by atoms with Gasteiger partial charge in [0.25, 0.3) is 0 Å². The predicted octanol–water partition coefficient (Wildman–Crippen LogP) is 2.42. The molecule has 0 radical (unpaired) electrons. The second-order valence-electron chi connectivity index (χ2n) is 7.37. The summed E-state index contributed by atoms with van der Waals surface area (Å²) < 4.78 is 25.1. The van der Waals surface area contributed by atoms with E-state index in [9.17, 15) is 4.39 Å². The van der Waals surface area contributed by atoms with Crippen molar-refractivity contribution >= 4 is 35.8 Å². The molecule has 1 aromatic rings. The Bertz CT molecular complexity index is 631.